The van der Waals surface area contributed by atoms with E-state index in [2.05, 4.69) is 21.1 Å². The maximum absolute atomic E-state index is 12.5. The lowest BCUT2D eigenvalue weighted by atomic mass is 10.0. The average molecular weight is 442 g/mol. The first-order valence-corrected chi connectivity index (χ1v) is 9.42. The second-order valence-electron chi connectivity index (χ2n) is 6.60. The van der Waals surface area contributed by atoms with Crippen LogP contribution in [0.25, 0.3) is 0 Å². The molecule has 0 aromatic heterocycles. The first kappa shape index (κ1) is 23.8. The first-order valence-electron chi connectivity index (χ1n) is 9.42. The second-order valence-corrected chi connectivity index (χ2v) is 6.60. The minimum absolute atomic E-state index is 0.0637. The summed E-state index contributed by atoms with van der Waals surface area (Å²) >= 11 is 0. The average Bonchev–Trinajstić information content (AvgIpc) is 2.74. The molecular formula is C20H22N6O6. The van der Waals surface area contributed by atoms with Crippen LogP contribution in [0.2, 0.25) is 0 Å². The second kappa shape index (κ2) is 11.6. The van der Waals surface area contributed by atoms with E-state index in [9.17, 15) is 24.5 Å². The highest BCUT2D eigenvalue weighted by Crippen LogP contribution is 2.21. The molecule has 0 aliphatic heterocycles. The normalized spacial score (nSPS) is 11.5. The Kier molecular flexibility index (Phi) is 8.66. The van der Waals surface area contributed by atoms with Gasteiger partial charge < -0.3 is 26.9 Å². The summed E-state index contributed by atoms with van der Waals surface area (Å²) in [6.45, 7) is -0.0637. The number of nitro benzene ring substituents is 1. The highest BCUT2D eigenvalue weighted by atomic mass is 16.6. The molecule has 0 heterocycles. The van der Waals surface area contributed by atoms with Crippen molar-refractivity contribution in [2.24, 2.45) is 10.9 Å². The van der Waals surface area contributed by atoms with E-state index < -0.39 is 28.9 Å². The van der Waals surface area contributed by atoms with Gasteiger partial charge in [0.25, 0.3) is 5.69 Å². The zero-order valence-corrected chi connectivity index (χ0v) is 16.9. The maximum atomic E-state index is 12.5. The van der Waals surface area contributed by atoms with Crippen LogP contribution >= 0.6 is 0 Å². The summed E-state index contributed by atoms with van der Waals surface area (Å²) < 4.78 is 0. The molecule has 0 aliphatic rings. The minimum atomic E-state index is -1.06. The summed E-state index contributed by atoms with van der Waals surface area (Å²) in [6.07, 6.45) is 1.00. The molecule has 0 aliphatic carbocycles. The Morgan fingerprint density at radius 1 is 1.12 bits per heavy atom. The quantitative estimate of drug-likeness (QED) is 0.160. The molecule has 0 saturated heterocycles. The van der Waals surface area contributed by atoms with Gasteiger partial charge in [-0.05, 0) is 23.3 Å². The van der Waals surface area contributed by atoms with Crippen LogP contribution < -0.4 is 21.8 Å². The molecule has 0 fully saturated rings. The van der Waals surface area contributed by atoms with Crippen molar-refractivity contribution in [3.8, 4) is 0 Å². The van der Waals surface area contributed by atoms with Crippen LogP contribution in [0.1, 0.15) is 30.0 Å². The molecule has 3 amide bonds. The van der Waals surface area contributed by atoms with Crippen LogP contribution in [0, 0.1) is 10.1 Å². The molecular weight excluding hydrogens is 420 g/mol. The van der Waals surface area contributed by atoms with E-state index >= 15 is 0 Å². The van der Waals surface area contributed by atoms with Crippen molar-refractivity contribution in [1.29, 1.82) is 0 Å². The molecule has 12 heteroatoms. The largest absolute Gasteiger partial charge is 0.481 e. The number of carboxylic acid groups (broad SMARTS) is 1. The van der Waals surface area contributed by atoms with Crippen LogP contribution in [0.5, 0.6) is 0 Å². The van der Waals surface area contributed by atoms with E-state index in [4.69, 9.17) is 10.9 Å². The number of amides is 3. The van der Waals surface area contributed by atoms with E-state index in [0.717, 1.165) is 5.56 Å². The number of aliphatic carboxylic acids is 1. The third-order valence-electron chi connectivity index (χ3n) is 4.25. The van der Waals surface area contributed by atoms with Crippen LogP contribution in [0.4, 0.5) is 16.2 Å². The van der Waals surface area contributed by atoms with Crippen molar-refractivity contribution in [1.82, 2.24) is 10.6 Å². The van der Waals surface area contributed by atoms with Crippen molar-refractivity contribution in [2.45, 2.75) is 18.9 Å². The number of rotatable bonds is 10. The number of non-ortho nitro benzene ring substituents is 1. The number of nitrogens with zero attached hydrogens (tertiary/aromatic N) is 2. The molecule has 0 radical (unpaired) electrons. The number of nitrogens with one attached hydrogen (secondary N) is 3. The maximum Gasteiger partial charge on any atom is 0.319 e. The molecule has 2 aromatic carbocycles. The molecule has 1 atom stereocenters. The zero-order valence-electron chi connectivity index (χ0n) is 16.9. The van der Waals surface area contributed by atoms with E-state index in [-0.39, 0.29) is 25.1 Å². The predicted molar refractivity (Wildman–Crippen MR) is 116 cm³/mol. The first-order chi connectivity index (χ1) is 15.3. The van der Waals surface area contributed by atoms with Gasteiger partial charge >= 0.3 is 12.0 Å². The minimum Gasteiger partial charge on any atom is -0.481 e. The van der Waals surface area contributed by atoms with Gasteiger partial charge in [-0.15, -0.1) is 0 Å². The molecule has 32 heavy (non-hydrogen) atoms. The van der Waals surface area contributed by atoms with E-state index in [1.807, 2.05) is 0 Å². The van der Waals surface area contributed by atoms with Gasteiger partial charge in [-0.2, -0.15) is 5.10 Å². The van der Waals surface area contributed by atoms with Crippen molar-refractivity contribution >= 4 is 35.5 Å². The Morgan fingerprint density at radius 2 is 1.78 bits per heavy atom. The monoisotopic (exact) mass is 442 g/mol. The number of nitro groups is 1. The Morgan fingerprint density at radius 3 is 2.34 bits per heavy atom. The fourth-order valence-electron chi connectivity index (χ4n) is 2.71. The summed E-state index contributed by atoms with van der Waals surface area (Å²) in [5.41, 5.74) is 1.54. The number of benzene rings is 2. The van der Waals surface area contributed by atoms with Gasteiger partial charge in [-0.25, -0.2) is 4.79 Å². The molecule has 2 rings (SSSR count). The standard InChI is InChI=1S/C20H22N6O6/c21-23-12-13-1-5-15(6-2-13)24-20(30)25-17(11-18(27)22-10-9-19(28)29)14-3-7-16(8-4-14)26(31)32/h1-8,12,17H,9-11,21H2,(H,22,27)(H,28,29)(H2,24,25,30). The third-order valence-corrected chi connectivity index (χ3v) is 4.25. The Labute approximate surface area is 182 Å². The number of anilines is 1. The molecule has 6 N–H and O–H groups in total. The third kappa shape index (κ3) is 7.74. The molecule has 168 valence electrons. The number of hydrogen-bond acceptors (Lipinski definition) is 7. The van der Waals surface area contributed by atoms with Crippen molar-refractivity contribution in [3.63, 3.8) is 0 Å². The predicted octanol–water partition coefficient (Wildman–Crippen LogP) is 1.73. The summed E-state index contributed by atoms with van der Waals surface area (Å²) in [5, 5.41) is 30.7. The summed E-state index contributed by atoms with van der Waals surface area (Å²) in [7, 11) is 0. The SMILES string of the molecule is NN=Cc1ccc(NC(=O)NC(CC(=O)NCCC(=O)O)c2ccc([N+](=O)[O-])cc2)cc1. The van der Waals surface area contributed by atoms with Gasteiger partial charge in [-0.3, -0.25) is 19.7 Å². The molecule has 0 bridgehead atoms. The number of urea groups is 1. The fourth-order valence-corrected chi connectivity index (χ4v) is 2.71. The van der Waals surface area contributed by atoms with Crippen LogP contribution in [0.3, 0.4) is 0 Å². The fraction of sp³-hybridized carbons (Fsp3) is 0.200. The highest BCUT2D eigenvalue weighted by Gasteiger charge is 2.20. The van der Waals surface area contributed by atoms with Gasteiger partial charge in [0, 0.05) is 24.4 Å². The van der Waals surface area contributed by atoms with E-state index in [0.29, 0.717) is 11.3 Å². The lowest BCUT2D eigenvalue weighted by Gasteiger charge is -2.19. The zero-order chi connectivity index (χ0) is 23.5. The lowest BCUT2D eigenvalue weighted by molar-refractivity contribution is -0.384. The van der Waals surface area contributed by atoms with Gasteiger partial charge in [-0.1, -0.05) is 24.3 Å². The number of carbonyl (C=O) groups excluding carboxylic acids is 2. The van der Waals surface area contributed by atoms with E-state index in [1.165, 1.54) is 30.5 Å². The number of hydrazone groups is 1. The van der Waals surface area contributed by atoms with Gasteiger partial charge in [0.05, 0.1) is 30.0 Å². The molecule has 2 aromatic rings. The molecule has 12 nitrogen and oxygen atoms in total. The summed E-state index contributed by atoms with van der Waals surface area (Å²) in [6, 6.07) is 10.6. The van der Waals surface area contributed by atoms with Crippen LogP contribution in [-0.2, 0) is 9.59 Å². The van der Waals surface area contributed by atoms with Crippen molar-refractivity contribution in [2.75, 3.05) is 11.9 Å². The molecule has 0 saturated carbocycles. The lowest BCUT2D eigenvalue weighted by Crippen LogP contribution is -2.36. The Balaban J connectivity index is 2.10. The van der Waals surface area contributed by atoms with Crippen molar-refractivity contribution < 1.29 is 24.4 Å². The summed E-state index contributed by atoms with van der Waals surface area (Å²) in [4.78, 5) is 45.6. The number of hydrogen-bond donors (Lipinski definition) is 5. The van der Waals surface area contributed by atoms with Crippen LogP contribution in [0.15, 0.2) is 53.6 Å². The number of carbonyl (C=O) groups is 3. The Hall–Kier alpha value is -4.48. The van der Waals surface area contributed by atoms with Gasteiger partial charge in [0.1, 0.15) is 0 Å². The number of nitrogens with two attached hydrogens (primary N) is 1. The van der Waals surface area contributed by atoms with Gasteiger partial charge in [0.15, 0.2) is 0 Å². The smallest absolute Gasteiger partial charge is 0.319 e. The van der Waals surface area contributed by atoms with Gasteiger partial charge in [0.2, 0.25) is 5.91 Å². The summed E-state index contributed by atoms with van der Waals surface area (Å²) in [5.74, 6) is 3.55. The highest BCUT2D eigenvalue weighted by molar-refractivity contribution is 5.90. The van der Waals surface area contributed by atoms with Crippen LogP contribution in [-0.4, -0.2) is 40.7 Å². The molecule has 0 spiro atoms. The van der Waals surface area contributed by atoms with Crippen molar-refractivity contribution in [3.05, 3.63) is 69.8 Å². The van der Waals surface area contributed by atoms with E-state index in [1.54, 1.807) is 24.3 Å². The number of carboxylic acids is 1. The topological polar surface area (TPSA) is 189 Å². The molecule has 1 unspecified atom stereocenters. The Bertz CT molecular complexity index is 991.